The molecule has 0 saturated carbocycles. The minimum absolute atomic E-state index is 0. The van der Waals surface area contributed by atoms with E-state index in [4.69, 9.17) is 0 Å². The van der Waals surface area contributed by atoms with Gasteiger partial charge in [0.25, 0.3) is 0 Å². The fraction of sp³-hybridized carbons (Fsp3) is 0.455. The molecule has 1 unspecified atom stereocenters. The summed E-state index contributed by atoms with van der Waals surface area (Å²) in [5.41, 5.74) is 5.56. The van der Waals surface area contributed by atoms with Crippen LogP contribution in [0.1, 0.15) is 106 Å². The molecule has 1 atom stereocenters. The highest BCUT2D eigenvalue weighted by Crippen LogP contribution is 2.46. The van der Waals surface area contributed by atoms with E-state index in [1.54, 1.807) is 0 Å². The van der Waals surface area contributed by atoms with E-state index < -0.39 is 0 Å². The molecule has 35 heavy (non-hydrogen) atoms. The SMILES string of the molecule is CCCCCCCCCCCCCCc1ccccc1C(P)(c1ccccc1)c1ccccc1.O. The summed E-state index contributed by atoms with van der Waals surface area (Å²) >= 11 is 0. The maximum Gasteiger partial charge on any atom is 0.0594 e. The minimum atomic E-state index is -0.226. The van der Waals surface area contributed by atoms with Crippen LogP contribution in [0.2, 0.25) is 0 Å². The van der Waals surface area contributed by atoms with Gasteiger partial charge in [-0.05, 0) is 35.1 Å². The van der Waals surface area contributed by atoms with Crippen molar-refractivity contribution in [2.45, 2.75) is 95.6 Å². The number of hydrogen-bond acceptors (Lipinski definition) is 0. The fourth-order valence-corrected chi connectivity index (χ4v) is 5.83. The smallest absolute Gasteiger partial charge is 0.0594 e. The van der Waals surface area contributed by atoms with Crippen molar-refractivity contribution >= 4 is 9.24 Å². The summed E-state index contributed by atoms with van der Waals surface area (Å²) in [4.78, 5) is 0. The van der Waals surface area contributed by atoms with Crippen LogP contribution in [0.15, 0.2) is 84.9 Å². The molecule has 2 heteroatoms. The zero-order valence-electron chi connectivity index (χ0n) is 21.9. The molecule has 0 aromatic heterocycles. The highest BCUT2D eigenvalue weighted by atomic mass is 31.0. The van der Waals surface area contributed by atoms with Gasteiger partial charge in [-0.3, -0.25) is 0 Å². The average Bonchev–Trinajstić information content (AvgIpc) is 2.90. The Bertz CT molecular complexity index is 883. The summed E-state index contributed by atoms with van der Waals surface area (Å²) < 4.78 is 0. The van der Waals surface area contributed by atoms with Crippen molar-refractivity contribution in [1.29, 1.82) is 0 Å². The van der Waals surface area contributed by atoms with E-state index >= 15 is 0 Å². The Morgan fingerprint density at radius 2 is 0.914 bits per heavy atom. The van der Waals surface area contributed by atoms with Crippen molar-refractivity contribution in [3.8, 4) is 0 Å². The molecule has 0 aliphatic rings. The van der Waals surface area contributed by atoms with Crippen molar-refractivity contribution in [2.24, 2.45) is 0 Å². The standard InChI is InChI=1S/C33H45P.H2O/c1-2-3-4-5-6-7-8-9-10-11-12-15-22-29-23-20-21-28-32(29)33(34,30-24-16-13-17-25-30)31-26-18-14-19-27-31;/h13-14,16-21,23-28H,2-12,15,22,34H2,1H3;1H2. The lowest BCUT2D eigenvalue weighted by Crippen LogP contribution is -2.23. The van der Waals surface area contributed by atoms with Gasteiger partial charge in [0.1, 0.15) is 0 Å². The van der Waals surface area contributed by atoms with Crippen molar-refractivity contribution in [2.75, 3.05) is 0 Å². The number of rotatable bonds is 16. The van der Waals surface area contributed by atoms with E-state index in [1.165, 1.54) is 99.3 Å². The maximum absolute atomic E-state index is 3.22. The molecule has 0 saturated heterocycles. The summed E-state index contributed by atoms with van der Waals surface area (Å²) in [6, 6.07) is 31.0. The van der Waals surface area contributed by atoms with Crippen molar-refractivity contribution in [3.05, 3.63) is 107 Å². The Balaban J connectivity index is 0.00000432. The van der Waals surface area contributed by atoms with Crippen molar-refractivity contribution in [3.63, 3.8) is 0 Å². The zero-order chi connectivity index (χ0) is 23.9. The lowest BCUT2D eigenvalue weighted by Gasteiger charge is -2.33. The first-order chi connectivity index (χ1) is 16.8. The summed E-state index contributed by atoms with van der Waals surface area (Å²) in [5.74, 6) is 0. The molecule has 2 N–H and O–H groups in total. The van der Waals surface area contributed by atoms with Crippen LogP contribution < -0.4 is 0 Å². The molecule has 190 valence electrons. The quantitative estimate of drug-likeness (QED) is 0.109. The summed E-state index contributed by atoms with van der Waals surface area (Å²) in [6.07, 6.45) is 17.9. The molecule has 0 spiro atoms. The summed E-state index contributed by atoms with van der Waals surface area (Å²) in [7, 11) is 3.22. The van der Waals surface area contributed by atoms with E-state index in [0.29, 0.717) is 0 Å². The lowest BCUT2D eigenvalue weighted by atomic mass is 9.81. The third kappa shape index (κ3) is 8.89. The molecule has 3 aromatic carbocycles. The molecule has 3 aromatic rings. The second-order valence-electron chi connectivity index (χ2n) is 9.84. The molecule has 0 bridgehead atoms. The molecule has 3 rings (SSSR count). The highest BCUT2D eigenvalue weighted by molar-refractivity contribution is 7.19. The van der Waals surface area contributed by atoms with Crippen LogP contribution in [0.3, 0.4) is 0 Å². The van der Waals surface area contributed by atoms with Gasteiger partial charge < -0.3 is 5.48 Å². The lowest BCUT2D eigenvalue weighted by molar-refractivity contribution is 0.543. The van der Waals surface area contributed by atoms with Crippen LogP contribution in [0.4, 0.5) is 0 Å². The van der Waals surface area contributed by atoms with Gasteiger partial charge in [-0.15, -0.1) is 9.24 Å². The Hall–Kier alpha value is -1.95. The van der Waals surface area contributed by atoms with Gasteiger partial charge in [0.2, 0.25) is 0 Å². The third-order valence-electron chi connectivity index (χ3n) is 7.20. The molecule has 0 fully saturated rings. The van der Waals surface area contributed by atoms with Gasteiger partial charge in [0.05, 0.1) is 5.16 Å². The van der Waals surface area contributed by atoms with Crippen LogP contribution in [-0.4, -0.2) is 5.48 Å². The molecule has 1 nitrogen and oxygen atoms in total. The van der Waals surface area contributed by atoms with Gasteiger partial charge in [-0.25, -0.2) is 0 Å². The van der Waals surface area contributed by atoms with Gasteiger partial charge in [-0.2, -0.15) is 0 Å². The highest BCUT2D eigenvalue weighted by Gasteiger charge is 2.32. The first-order valence-electron chi connectivity index (χ1n) is 13.7. The van der Waals surface area contributed by atoms with Crippen LogP contribution in [0.5, 0.6) is 0 Å². The number of aryl methyl sites for hydroxylation is 1. The Morgan fingerprint density at radius 3 is 1.40 bits per heavy atom. The van der Waals surface area contributed by atoms with Gasteiger partial charge in [0.15, 0.2) is 0 Å². The Morgan fingerprint density at radius 1 is 0.514 bits per heavy atom. The van der Waals surface area contributed by atoms with Gasteiger partial charge in [0, 0.05) is 0 Å². The Labute approximate surface area is 217 Å². The fourth-order valence-electron chi connectivity index (χ4n) is 5.16. The largest absolute Gasteiger partial charge is 0.412 e. The first kappa shape index (κ1) is 29.3. The topological polar surface area (TPSA) is 31.5 Å². The molecule has 0 amide bonds. The molecule has 0 heterocycles. The van der Waals surface area contributed by atoms with Gasteiger partial charge in [-0.1, -0.05) is 162 Å². The van der Waals surface area contributed by atoms with E-state index in [9.17, 15) is 0 Å². The number of unbranched alkanes of at least 4 members (excludes halogenated alkanes) is 11. The molecular formula is C33H47OP. The second-order valence-corrected chi connectivity index (χ2v) is 10.7. The normalized spacial score (nSPS) is 11.3. The predicted molar refractivity (Wildman–Crippen MR) is 157 cm³/mol. The van der Waals surface area contributed by atoms with Gasteiger partial charge >= 0.3 is 0 Å². The zero-order valence-corrected chi connectivity index (χ0v) is 23.0. The van der Waals surface area contributed by atoms with Crippen molar-refractivity contribution in [1.82, 2.24) is 0 Å². The van der Waals surface area contributed by atoms with Crippen LogP contribution in [0.25, 0.3) is 0 Å². The van der Waals surface area contributed by atoms with E-state index in [1.807, 2.05) is 0 Å². The summed E-state index contributed by atoms with van der Waals surface area (Å²) in [5, 5.41) is -0.226. The van der Waals surface area contributed by atoms with E-state index in [2.05, 4.69) is 101 Å². The molecular weight excluding hydrogens is 443 g/mol. The van der Waals surface area contributed by atoms with E-state index in [-0.39, 0.29) is 10.6 Å². The second kappa shape index (κ2) is 16.7. The minimum Gasteiger partial charge on any atom is -0.412 e. The monoisotopic (exact) mass is 490 g/mol. The molecule has 0 aliphatic heterocycles. The average molecular weight is 491 g/mol. The Kier molecular flexibility index (Phi) is 13.9. The van der Waals surface area contributed by atoms with Crippen LogP contribution in [-0.2, 0) is 11.6 Å². The first-order valence-corrected chi connectivity index (χ1v) is 14.3. The number of hydrogen-bond donors (Lipinski definition) is 0. The molecule has 0 aliphatic carbocycles. The molecule has 0 radical (unpaired) electrons. The third-order valence-corrected chi connectivity index (χ3v) is 8.18. The number of benzene rings is 3. The maximum atomic E-state index is 3.22. The predicted octanol–water partition coefficient (Wildman–Crippen LogP) is 9.27. The van der Waals surface area contributed by atoms with Crippen molar-refractivity contribution < 1.29 is 5.48 Å². The van der Waals surface area contributed by atoms with E-state index in [0.717, 1.165) is 6.42 Å². The van der Waals surface area contributed by atoms with Crippen LogP contribution >= 0.6 is 9.24 Å². The van der Waals surface area contributed by atoms with Crippen LogP contribution in [0, 0.1) is 0 Å². The summed E-state index contributed by atoms with van der Waals surface area (Å²) in [6.45, 7) is 2.29.